The first kappa shape index (κ1) is 10.8. The number of hydrogen-bond donors (Lipinski definition) is 0. The molecule has 1 aromatic rings. The lowest BCUT2D eigenvalue weighted by atomic mass is 10.0. The van der Waals surface area contributed by atoms with E-state index >= 15 is 0 Å². The molecule has 14 heavy (non-hydrogen) atoms. The maximum atomic E-state index is 12.5. The van der Waals surface area contributed by atoms with Crippen molar-refractivity contribution < 1.29 is 13.9 Å². The Bertz CT molecular complexity index is 299. The highest BCUT2D eigenvalue weighted by atomic mass is 19.1. The van der Waals surface area contributed by atoms with Crippen LogP contribution in [0.2, 0.25) is 0 Å². The number of alkyl halides is 1. The van der Waals surface area contributed by atoms with Crippen molar-refractivity contribution in [2.75, 3.05) is 20.9 Å². The topological polar surface area (TPSA) is 18.5 Å². The number of hydrogen-bond acceptors (Lipinski definition) is 2. The Balaban J connectivity index is 3.14. The Labute approximate surface area is 83.6 Å². The van der Waals surface area contributed by atoms with Crippen molar-refractivity contribution in [2.24, 2.45) is 0 Å². The van der Waals surface area contributed by atoms with Gasteiger partial charge < -0.3 is 9.47 Å². The van der Waals surface area contributed by atoms with Crippen LogP contribution in [-0.2, 0) is 0 Å². The third-order valence-electron chi connectivity index (χ3n) is 2.06. The molecular weight excluding hydrogens is 183 g/mol. The fourth-order valence-electron chi connectivity index (χ4n) is 1.32. The van der Waals surface area contributed by atoms with E-state index in [1.54, 1.807) is 25.3 Å². The van der Waals surface area contributed by atoms with Crippen LogP contribution in [0.5, 0.6) is 11.5 Å². The standard InChI is InChI=1S/C11H14FO2/c1-8(7-12)9-5-4-6-10(13-2)11(9)14-3/h4-6,8H,1,7H2,2-3H3. The predicted octanol–water partition coefficient (Wildman–Crippen LogP) is 2.59. The second-order valence-corrected chi connectivity index (χ2v) is 2.93. The second-order valence-electron chi connectivity index (χ2n) is 2.93. The first-order valence-corrected chi connectivity index (χ1v) is 4.34. The molecule has 0 aliphatic heterocycles. The summed E-state index contributed by atoms with van der Waals surface area (Å²) in [6.45, 7) is 3.19. The SMILES string of the molecule is [CH2]C(CF)c1cccc(OC)c1OC. The highest BCUT2D eigenvalue weighted by Gasteiger charge is 2.14. The summed E-state index contributed by atoms with van der Waals surface area (Å²) < 4.78 is 22.7. The van der Waals surface area contributed by atoms with Gasteiger partial charge in [-0.3, -0.25) is 4.39 Å². The van der Waals surface area contributed by atoms with Gasteiger partial charge in [0.25, 0.3) is 0 Å². The number of para-hydroxylation sites is 1. The third kappa shape index (κ3) is 1.97. The zero-order valence-electron chi connectivity index (χ0n) is 8.42. The zero-order valence-corrected chi connectivity index (χ0v) is 8.42. The fourth-order valence-corrected chi connectivity index (χ4v) is 1.32. The van der Waals surface area contributed by atoms with Crippen LogP contribution in [0.15, 0.2) is 18.2 Å². The van der Waals surface area contributed by atoms with E-state index in [-0.39, 0.29) is 0 Å². The lowest BCUT2D eigenvalue weighted by Gasteiger charge is -2.15. The molecule has 0 amide bonds. The van der Waals surface area contributed by atoms with Crippen molar-refractivity contribution >= 4 is 0 Å². The van der Waals surface area contributed by atoms with E-state index in [2.05, 4.69) is 6.92 Å². The molecule has 3 heteroatoms. The summed E-state index contributed by atoms with van der Waals surface area (Å²) in [5.41, 5.74) is 0.731. The van der Waals surface area contributed by atoms with E-state index in [9.17, 15) is 4.39 Å². The van der Waals surface area contributed by atoms with E-state index < -0.39 is 12.6 Å². The minimum Gasteiger partial charge on any atom is -0.493 e. The molecule has 1 radical (unpaired) electrons. The van der Waals surface area contributed by atoms with Gasteiger partial charge >= 0.3 is 0 Å². The van der Waals surface area contributed by atoms with Gasteiger partial charge in [0.1, 0.15) is 0 Å². The Kier molecular flexibility index (Phi) is 3.74. The summed E-state index contributed by atoms with van der Waals surface area (Å²) in [6.07, 6.45) is 0. The number of ether oxygens (including phenoxy) is 2. The van der Waals surface area contributed by atoms with E-state index in [0.29, 0.717) is 11.5 Å². The van der Waals surface area contributed by atoms with Crippen LogP contribution in [0.3, 0.4) is 0 Å². The smallest absolute Gasteiger partial charge is 0.164 e. The summed E-state index contributed by atoms with van der Waals surface area (Å²) >= 11 is 0. The molecule has 0 N–H and O–H groups in total. The Morgan fingerprint density at radius 3 is 2.57 bits per heavy atom. The molecule has 0 bridgehead atoms. The fraction of sp³-hybridized carbons (Fsp3) is 0.364. The normalized spacial score (nSPS) is 12.3. The molecule has 0 aliphatic carbocycles. The van der Waals surface area contributed by atoms with Gasteiger partial charge in [0.05, 0.1) is 20.9 Å². The first-order chi connectivity index (χ1) is 6.74. The minimum absolute atomic E-state index is 0.417. The first-order valence-electron chi connectivity index (χ1n) is 4.34. The summed E-state index contributed by atoms with van der Waals surface area (Å²) in [6, 6.07) is 5.36. The van der Waals surface area contributed by atoms with Crippen molar-refractivity contribution in [3.8, 4) is 11.5 Å². The molecule has 0 fully saturated rings. The van der Waals surface area contributed by atoms with Crippen LogP contribution >= 0.6 is 0 Å². The van der Waals surface area contributed by atoms with Crippen molar-refractivity contribution in [3.05, 3.63) is 30.7 Å². The Morgan fingerprint density at radius 2 is 2.07 bits per heavy atom. The maximum absolute atomic E-state index is 12.5. The van der Waals surface area contributed by atoms with Crippen LogP contribution in [-0.4, -0.2) is 20.9 Å². The summed E-state index contributed by atoms with van der Waals surface area (Å²) in [7, 11) is 3.08. The zero-order chi connectivity index (χ0) is 10.6. The summed E-state index contributed by atoms with van der Waals surface area (Å²) in [5.74, 6) is 0.750. The van der Waals surface area contributed by atoms with Crippen molar-refractivity contribution in [2.45, 2.75) is 5.92 Å². The number of halogens is 1. The Hall–Kier alpha value is -1.25. The Morgan fingerprint density at radius 1 is 1.36 bits per heavy atom. The van der Waals surface area contributed by atoms with Gasteiger partial charge in [0.15, 0.2) is 11.5 Å². The molecule has 77 valence electrons. The molecule has 1 rings (SSSR count). The molecule has 1 aromatic carbocycles. The van der Waals surface area contributed by atoms with Crippen molar-refractivity contribution in [1.29, 1.82) is 0 Å². The second kappa shape index (κ2) is 4.84. The average molecular weight is 197 g/mol. The quantitative estimate of drug-likeness (QED) is 0.738. The average Bonchev–Trinajstić information content (AvgIpc) is 2.26. The van der Waals surface area contributed by atoms with E-state index in [1.165, 1.54) is 7.11 Å². The van der Waals surface area contributed by atoms with E-state index in [4.69, 9.17) is 9.47 Å². The molecule has 2 nitrogen and oxygen atoms in total. The summed E-state index contributed by atoms with van der Waals surface area (Å²) in [4.78, 5) is 0. The van der Waals surface area contributed by atoms with Gasteiger partial charge in [-0.1, -0.05) is 12.1 Å². The monoisotopic (exact) mass is 197 g/mol. The van der Waals surface area contributed by atoms with Crippen LogP contribution < -0.4 is 9.47 Å². The predicted molar refractivity (Wildman–Crippen MR) is 53.6 cm³/mol. The minimum atomic E-state index is -0.510. The molecule has 1 atom stereocenters. The van der Waals surface area contributed by atoms with E-state index in [1.807, 2.05) is 0 Å². The van der Waals surface area contributed by atoms with Gasteiger partial charge in [-0.2, -0.15) is 0 Å². The number of benzene rings is 1. The molecule has 0 spiro atoms. The van der Waals surface area contributed by atoms with Crippen molar-refractivity contribution in [3.63, 3.8) is 0 Å². The third-order valence-corrected chi connectivity index (χ3v) is 2.06. The molecule has 0 heterocycles. The molecule has 0 saturated heterocycles. The van der Waals surface area contributed by atoms with Gasteiger partial charge in [-0.05, 0) is 13.0 Å². The largest absolute Gasteiger partial charge is 0.493 e. The lowest BCUT2D eigenvalue weighted by Crippen LogP contribution is -2.01. The van der Waals surface area contributed by atoms with Crippen LogP contribution in [0.25, 0.3) is 0 Å². The van der Waals surface area contributed by atoms with Gasteiger partial charge in [-0.15, -0.1) is 0 Å². The van der Waals surface area contributed by atoms with Gasteiger partial charge in [0.2, 0.25) is 0 Å². The molecular formula is C11H14FO2. The molecule has 0 aromatic heterocycles. The van der Waals surface area contributed by atoms with Crippen molar-refractivity contribution in [1.82, 2.24) is 0 Å². The van der Waals surface area contributed by atoms with Crippen LogP contribution in [0, 0.1) is 6.92 Å². The number of methoxy groups -OCH3 is 2. The highest BCUT2D eigenvalue weighted by molar-refractivity contribution is 5.48. The number of rotatable bonds is 4. The summed E-state index contributed by atoms with van der Waals surface area (Å²) in [5, 5.41) is 0. The van der Waals surface area contributed by atoms with E-state index in [0.717, 1.165) is 5.56 Å². The van der Waals surface area contributed by atoms with Gasteiger partial charge in [-0.25, -0.2) is 0 Å². The maximum Gasteiger partial charge on any atom is 0.164 e. The highest BCUT2D eigenvalue weighted by Crippen LogP contribution is 2.35. The van der Waals surface area contributed by atoms with Gasteiger partial charge in [0, 0.05) is 11.5 Å². The molecule has 1 unspecified atom stereocenters. The van der Waals surface area contributed by atoms with Crippen LogP contribution in [0.1, 0.15) is 11.5 Å². The van der Waals surface area contributed by atoms with Crippen LogP contribution in [0.4, 0.5) is 4.39 Å². The molecule has 0 aliphatic rings. The lowest BCUT2D eigenvalue weighted by molar-refractivity contribution is 0.347. The molecule has 0 saturated carbocycles.